The number of aryl methyl sites for hydroxylation is 1. The molecule has 0 aliphatic rings. The molecular formula is C5H6N2O2. The van der Waals surface area contributed by atoms with Gasteiger partial charge >= 0.3 is 0 Å². The Labute approximate surface area is 51.8 Å². The predicted octanol–water partition coefficient (Wildman–Crippen LogP) is 0.196. The van der Waals surface area contributed by atoms with Crippen LogP contribution < -0.4 is 0 Å². The van der Waals surface area contributed by atoms with E-state index in [0.717, 1.165) is 6.20 Å². The van der Waals surface area contributed by atoms with Crippen molar-refractivity contribution >= 4 is 0 Å². The van der Waals surface area contributed by atoms with Gasteiger partial charge in [-0.25, -0.2) is 4.98 Å². The van der Waals surface area contributed by atoms with Gasteiger partial charge in [0.1, 0.15) is 5.82 Å². The molecular weight excluding hydrogens is 120 g/mol. The highest BCUT2D eigenvalue weighted by molar-refractivity contribution is 5.26. The molecule has 0 radical (unpaired) electrons. The van der Waals surface area contributed by atoms with E-state index in [0.29, 0.717) is 5.82 Å². The van der Waals surface area contributed by atoms with E-state index in [2.05, 4.69) is 9.97 Å². The molecule has 1 rings (SSSR count). The van der Waals surface area contributed by atoms with Crippen LogP contribution in [0.2, 0.25) is 0 Å². The first kappa shape index (κ1) is 5.81. The highest BCUT2D eigenvalue weighted by Crippen LogP contribution is 2.17. The molecule has 0 saturated heterocycles. The fraction of sp³-hybridized carbons (Fsp3) is 0.200. The van der Waals surface area contributed by atoms with E-state index in [1.165, 1.54) is 0 Å². The maximum Gasteiger partial charge on any atom is 0.257 e. The van der Waals surface area contributed by atoms with Crippen molar-refractivity contribution < 1.29 is 10.2 Å². The second kappa shape index (κ2) is 1.89. The van der Waals surface area contributed by atoms with Gasteiger partial charge in [0.25, 0.3) is 5.88 Å². The monoisotopic (exact) mass is 126 g/mol. The minimum Gasteiger partial charge on any atom is -0.502 e. The number of rotatable bonds is 0. The van der Waals surface area contributed by atoms with Crippen molar-refractivity contribution in [2.75, 3.05) is 0 Å². The van der Waals surface area contributed by atoms with Crippen molar-refractivity contribution in [2.24, 2.45) is 0 Å². The highest BCUT2D eigenvalue weighted by atomic mass is 16.3. The van der Waals surface area contributed by atoms with Gasteiger partial charge < -0.3 is 10.2 Å². The Hall–Kier alpha value is -1.32. The summed E-state index contributed by atoms with van der Waals surface area (Å²) in [7, 11) is 0. The lowest BCUT2D eigenvalue weighted by atomic mass is 10.5. The van der Waals surface area contributed by atoms with E-state index in [-0.39, 0.29) is 11.6 Å². The van der Waals surface area contributed by atoms with E-state index < -0.39 is 0 Å². The van der Waals surface area contributed by atoms with Crippen LogP contribution in [-0.4, -0.2) is 20.2 Å². The molecule has 1 aromatic heterocycles. The van der Waals surface area contributed by atoms with Crippen LogP contribution in [0.15, 0.2) is 6.20 Å². The standard InChI is InChI=1S/C5H6N2O2/c1-3-6-2-4(8)5(9)7-3/h2,8H,1H3,(H,6,7,9). The van der Waals surface area contributed by atoms with Gasteiger partial charge in [-0.3, -0.25) is 0 Å². The molecule has 4 nitrogen and oxygen atoms in total. The van der Waals surface area contributed by atoms with Gasteiger partial charge in [0.15, 0.2) is 5.75 Å². The molecule has 2 N–H and O–H groups in total. The zero-order valence-electron chi connectivity index (χ0n) is 4.87. The third-order valence-electron chi connectivity index (χ3n) is 0.870. The van der Waals surface area contributed by atoms with Gasteiger partial charge in [0.2, 0.25) is 0 Å². The van der Waals surface area contributed by atoms with Crippen LogP contribution in [-0.2, 0) is 0 Å². The Morgan fingerprint density at radius 3 is 2.56 bits per heavy atom. The van der Waals surface area contributed by atoms with Gasteiger partial charge in [0.05, 0.1) is 6.20 Å². The molecule has 0 aliphatic heterocycles. The van der Waals surface area contributed by atoms with Crippen LogP contribution in [0.3, 0.4) is 0 Å². The van der Waals surface area contributed by atoms with Crippen molar-refractivity contribution in [3.8, 4) is 11.6 Å². The molecule has 1 aromatic rings. The molecule has 0 unspecified atom stereocenters. The molecule has 48 valence electrons. The molecule has 0 amide bonds. The van der Waals surface area contributed by atoms with Crippen molar-refractivity contribution in [3.05, 3.63) is 12.0 Å². The lowest BCUT2D eigenvalue weighted by Gasteiger charge is -1.93. The molecule has 0 saturated carbocycles. The minimum absolute atomic E-state index is 0.291. The van der Waals surface area contributed by atoms with Gasteiger partial charge in [-0.2, -0.15) is 4.98 Å². The summed E-state index contributed by atoms with van der Waals surface area (Å²) >= 11 is 0. The van der Waals surface area contributed by atoms with Gasteiger partial charge in [-0.1, -0.05) is 0 Å². The van der Waals surface area contributed by atoms with E-state index >= 15 is 0 Å². The van der Waals surface area contributed by atoms with E-state index in [4.69, 9.17) is 10.2 Å². The lowest BCUT2D eigenvalue weighted by Crippen LogP contribution is -1.84. The summed E-state index contributed by atoms with van der Waals surface area (Å²) in [6, 6.07) is 0. The molecule has 9 heavy (non-hydrogen) atoms. The molecule has 0 aliphatic carbocycles. The van der Waals surface area contributed by atoms with E-state index in [9.17, 15) is 0 Å². The number of hydrogen-bond donors (Lipinski definition) is 2. The summed E-state index contributed by atoms with van der Waals surface area (Å²) in [5.41, 5.74) is 0. The summed E-state index contributed by atoms with van der Waals surface area (Å²) in [6.45, 7) is 1.62. The van der Waals surface area contributed by atoms with Crippen LogP contribution in [0.25, 0.3) is 0 Å². The molecule has 0 aromatic carbocycles. The molecule has 4 heteroatoms. The third kappa shape index (κ3) is 1.07. The second-order valence-electron chi connectivity index (χ2n) is 1.63. The normalized spacial score (nSPS) is 9.44. The lowest BCUT2D eigenvalue weighted by molar-refractivity contribution is 0.384. The Balaban J connectivity index is 3.17. The van der Waals surface area contributed by atoms with Crippen LogP contribution in [0, 0.1) is 6.92 Å². The smallest absolute Gasteiger partial charge is 0.257 e. The molecule has 0 spiro atoms. The predicted molar refractivity (Wildman–Crippen MR) is 30.1 cm³/mol. The highest BCUT2D eigenvalue weighted by Gasteiger charge is 1.98. The van der Waals surface area contributed by atoms with E-state index in [1.807, 2.05) is 0 Å². The summed E-state index contributed by atoms with van der Waals surface area (Å²) in [5.74, 6) is -0.228. The summed E-state index contributed by atoms with van der Waals surface area (Å²) < 4.78 is 0. The summed E-state index contributed by atoms with van der Waals surface area (Å²) in [6.07, 6.45) is 1.15. The summed E-state index contributed by atoms with van der Waals surface area (Å²) in [5, 5.41) is 17.4. The van der Waals surface area contributed by atoms with E-state index in [1.54, 1.807) is 6.92 Å². The van der Waals surface area contributed by atoms with Crippen LogP contribution >= 0.6 is 0 Å². The third-order valence-corrected chi connectivity index (χ3v) is 0.870. The Bertz CT molecular complexity index is 224. The van der Waals surface area contributed by atoms with Crippen molar-refractivity contribution in [1.29, 1.82) is 0 Å². The number of aromatic hydroxyl groups is 2. The Kier molecular flexibility index (Phi) is 1.22. The van der Waals surface area contributed by atoms with Crippen LogP contribution in [0.5, 0.6) is 11.6 Å². The molecule has 0 atom stereocenters. The zero-order chi connectivity index (χ0) is 6.85. The average molecular weight is 126 g/mol. The number of aromatic nitrogens is 2. The average Bonchev–Trinajstić information content (AvgIpc) is 1.80. The molecule has 0 bridgehead atoms. The van der Waals surface area contributed by atoms with Crippen molar-refractivity contribution in [2.45, 2.75) is 6.92 Å². The number of hydrogen-bond acceptors (Lipinski definition) is 4. The maximum atomic E-state index is 8.70. The SMILES string of the molecule is Cc1ncc(O)c(O)n1. The van der Waals surface area contributed by atoms with Gasteiger partial charge in [0, 0.05) is 0 Å². The Morgan fingerprint density at radius 1 is 1.44 bits per heavy atom. The summed E-state index contributed by atoms with van der Waals surface area (Å²) in [4.78, 5) is 7.09. The number of nitrogens with zero attached hydrogens (tertiary/aromatic N) is 2. The Morgan fingerprint density at radius 2 is 2.11 bits per heavy atom. The first-order valence-corrected chi connectivity index (χ1v) is 2.41. The fourth-order valence-corrected chi connectivity index (χ4v) is 0.452. The molecule has 0 fully saturated rings. The van der Waals surface area contributed by atoms with Crippen LogP contribution in [0.4, 0.5) is 0 Å². The van der Waals surface area contributed by atoms with Gasteiger partial charge in [-0.15, -0.1) is 0 Å². The van der Waals surface area contributed by atoms with Crippen molar-refractivity contribution in [1.82, 2.24) is 9.97 Å². The topological polar surface area (TPSA) is 66.2 Å². The first-order valence-electron chi connectivity index (χ1n) is 2.41. The van der Waals surface area contributed by atoms with Crippen LogP contribution in [0.1, 0.15) is 5.82 Å². The second-order valence-corrected chi connectivity index (χ2v) is 1.63. The largest absolute Gasteiger partial charge is 0.502 e. The fourth-order valence-electron chi connectivity index (χ4n) is 0.452. The quantitative estimate of drug-likeness (QED) is 0.521. The van der Waals surface area contributed by atoms with Gasteiger partial charge in [-0.05, 0) is 6.92 Å². The van der Waals surface area contributed by atoms with Crippen molar-refractivity contribution in [3.63, 3.8) is 0 Å². The first-order chi connectivity index (χ1) is 4.20. The zero-order valence-corrected chi connectivity index (χ0v) is 4.87. The minimum atomic E-state index is -0.373. The maximum absolute atomic E-state index is 8.70. The molecule has 1 heterocycles.